The molecule has 3 atom stereocenters. The molecule has 2 aliphatic heterocycles. The summed E-state index contributed by atoms with van der Waals surface area (Å²) in [6.45, 7) is 0.743. The number of hydrogen-bond donors (Lipinski definition) is 3. The van der Waals surface area contributed by atoms with Gasteiger partial charge in [0.25, 0.3) is 5.24 Å². The monoisotopic (exact) mass is 533 g/mol. The number of benzene rings is 2. The minimum Gasteiger partial charge on any atom is -0.467 e. The van der Waals surface area contributed by atoms with Crippen LogP contribution in [0.15, 0.2) is 36.4 Å². The molecule has 0 spiro atoms. The molecule has 0 radical (unpaired) electrons. The van der Waals surface area contributed by atoms with Gasteiger partial charge in [-0.25, -0.2) is 9.18 Å². The summed E-state index contributed by atoms with van der Waals surface area (Å²) in [5.41, 5.74) is 0.637. The molecule has 2 aromatic carbocycles. The van der Waals surface area contributed by atoms with E-state index in [2.05, 4.69) is 16.0 Å². The zero-order chi connectivity index (χ0) is 26.5. The molecular formula is C25H25F2N3O6S. The molecule has 3 N–H and O–H groups in total. The van der Waals surface area contributed by atoms with E-state index in [1.165, 1.54) is 31.4 Å². The number of hydrogen-bond acceptors (Lipinski definition) is 8. The van der Waals surface area contributed by atoms with Crippen molar-refractivity contribution in [3.63, 3.8) is 0 Å². The first-order chi connectivity index (χ1) is 17.7. The smallest absolute Gasteiger partial charge is 0.328 e. The molecule has 37 heavy (non-hydrogen) atoms. The van der Waals surface area contributed by atoms with Crippen molar-refractivity contribution < 1.29 is 37.4 Å². The van der Waals surface area contributed by atoms with Crippen LogP contribution in [0.2, 0.25) is 0 Å². The lowest BCUT2D eigenvalue weighted by molar-refractivity contribution is -0.145. The Morgan fingerprint density at radius 2 is 1.89 bits per heavy atom. The highest BCUT2D eigenvalue weighted by atomic mass is 32.2. The zero-order valence-corrected chi connectivity index (χ0v) is 20.7. The molecule has 0 saturated carbocycles. The Hall–Kier alpha value is -3.51. The Morgan fingerprint density at radius 1 is 1.14 bits per heavy atom. The van der Waals surface area contributed by atoms with Crippen LogP contribution in [0.25, 0.3) is 0 Å². The van der Waals surface area contributed by atoms with Gasteiger partial charge in [0.1, 0.15) is 11.8 Å². The van der Waals surface area contributed by atoms with E-state index in [1.807, 2.05) is 0 Å². The van der Waals surface area contributed by atoms with E-state index in [0.29, 0.717) is 12.0 Å². The summed E-state index contributed by atoms with van der Waals surface area (Å²) in [4.78, 5) is 47.7. The van der Waals surface area contributed by atoms with E-state index in [-0.39, 0.29) is 41.9 Å². The van der Waals surface area contributed by atoms with Gasteiger partial charge in [-0.15, -0.1) is 0 Å². The van der Waals surface area contributed by atoms with Crippen molar-refractivity contribution in [2.75, 3.05) is 13.7 Å². The second-order valence-corrected chi connectivity index (χ2v) is 9.80. The second-order valence-electron chi connectivity index (χ2n) is 8.62. The van der Waals surface area contributed by atoms with Crippen molar-refractivity contribution in [2.45, 2.75) is 43.0 Å². The van der Waals surface area contributed by atoms with Crippen LogP contribution in [0, 0.1) is 11.6 Å². The number of esters is 1. The van der Waals surface area contributed by atoms with Crippen molar-refractivity contribution in [2.24, 2.45) is 0 Å². The Balaban J connectivity index is 1.40. The summed E-state index contributed by atoms with van der Waals surface area (Å²) in [5, 5.41) is 6.55. The summed E-state index contributed by atoms with van der Waals surface area (Å²) in [7, 11) is 1.24. The van der Waals surface area contributed by atoms with Crippen molar-refractivity contribution in [3.05, 3.63) is 59.2 Å². The average Bonchev–Trinajstić information content (AvgIpc) is 3.53. The van der Waals surface area contributed by atoms with Crippen LogP contribution in [-0.4, -0.2) is 54.0 Å². The van der Waals surface area contributed by atoms with E-state index >= 15 is 0 Å². The predicted octanol–water partition coefficient (Wildman–Crippen LogP) is 2.60. The van der Waals surface area contributed by atoms with Gasteiger partial charge >= 0.3 is 5.97 Å². The molecular weight excluding hydrogens is 508 g/mol. The van der Waals surface area contributed by atoms with Crippen molar-refractivity contribution in [1.29, 1.82) is 0 Å². The number of ether oxygens (including phenoxy) is 2. The van der Waals surface area contributed by atoms with E-state index in [0.717, 1.165) is 24.7 Å². The molecule has 2 aliphatic rings. The van der Waals surface area contributed by atoms with Crippen molar-refractivity contribution >= 4 is 34.8 Å². The maximum atomic E-state index is 14.7. The van der Waals surface area contributed by atoms with Crippen LogP contribution in [-0.2, 0) is 32.0 Å². The Bertz CT molecular complexity index is 1200. The van der Waals surface area contributed by atoms with Crippen molar-refractivity contribution in [1.82, 2.24) is 16.0 Å². The predicted molar refractivity (Wildman–Crippen MR) is 130 cm³/mol. The molecule has 4 rings (SSSR count). The van der Waals surface area contributed by atoms with Crippen LogP contribution in [0.3, 0.4) is 0 Å². The van der Waals surface area contributed by atoms with Crippen LogP contribution >= 0.6 is 11.8 Å². The van der Waals surface area contributed by atoms with Gasteiger partial charge in [-0.2, -0.15) is 4.39 Å². The standard InChI is InChI=1S/C25H25F2N3O6S/c1-35-24(33)17(29-22(31)16-3-2-10-28-16)11-13-4-7-15(8-5-13)36-18-9-6-14(20(26)21(18)27)12-19-23(32)30-25(34)37-19/h4-9,16-17,19,28H,2-3,10-12H2,1H3,(H,29,31)(H,30,32,34). The molecule has 2 heterocycles. The molecule has 3 amide bonds. The lowest BCUT2D eigenvalue weighted by atomic mass is 10.0. The molecule has 0 aromatic heterocycles. The number of halogens is 2. The van der Waals surface area contributed by atoms with Gasteiger partial charge in [0.05, 0.1) is 18.4 Å². The van der Waals surface area contributed by atoms with Gasteiger partial charge in [-0.05, 0) is 55.1 Å². The van der Waals surface area contributed by atoms with Gasteiger partial charge < -0.3 is 20.1 Å². The van der Waals surface area contributed by atoms with Gasteiger partial charge in [-0.3, -0.25) is 19.7 Å². The van der Waals surface area contributed by atoms with Crippen LogP contribution in [0.1, 0.15) is 24.0 Å². The third-order valence-electron chi connectivity index (χ3n) is 6.07. The van der Waals surface area contributed by atoms with E-state index in [4.69, 9.17) is 9.47 Å². The van der Waals surface area contributed by atoms with Gasteiger partial charge in [0.15, 0.2) is 11.6 Å². The van der Waals surface area contributed by atoms with E-state index in [9.17, 15) is 28.0 Å². The van der Waals surface area contributed by atoms with Crippen LogP contribution in [0.5, 0.6) is 11.5 Å². The molecule has 2 fully saturated rings. The number of thioether (sulfide) groups is 1. The SMILES string of the molecule is COC(=O)C(Cc1ccc(Oc2ccc(CC3SC(=O)NC3=O)c(F)c2F)cc1)NC(=O)C1CCCN1. The fraction of sp³-hybridized carbons (Fsp3) is 0.360. The molecule has 3 unspecified atom stereocenters. The summed E-state index contributed by atoms with van der Waals surface area (Å²) in [6.07, 6.45) is 1.60. The van der Waals surface area contributed by atoms with Crippen LogP contribution < -0.4 is 20.7 Å². The fourth-order valence-corrected chi connectivity index (χ4v) is 4.95. The molecule has 12 heteroatoms. The highest BCUT2D eigenvalue weighted by Gasteiger charge is 2.33. The number of carbonyl (C=O) groups is 4. The summed E-state index contributed by atoms with van der Waals surface area (Å²) in [5.74, 6) is -3.90. The number of imide groups is 1. The topological polar surface area (TPSA) is 123 Å². The van der Waals surface area contributed by atoms with Gasteiger partial charge in [0.2, 0.25) is 17.6 Å². The Morgan fingerprint density at radius 3 is 2.51 bits per heavy atom. The first-order valence-corrected chi connectivity index (χ1v) is 12.5. The molecule has 0 aliphatic carbocycles. The van der Waals surface area contributed by atoms with E-state index < -0.39 is 40.0 Å². The fourth-order valence-electron chi connectivity index (χ4n) is 4.11. The Kier molecular flexibility index (Phi) is 8.39. The first kappa shape index (κ1) is 26.6. The normalized spacial score (nSPS) is 19.9. The number of nitrogens with one attached hydrogen (secondary N) is 3. The summed E-state index contributed by atoms with van der Waals surface area (Å²) >= 11 is 0.733. The lowest BCUT2D eigenvalue weighted by Gasteiger charge is -2.19. The molecule has 9 nitrogen and oxygen atoms in total. The molecule has 2 aromatic rings. The largest absolute Gasteiger partial charge is 0.467 e. The molecule has 196 valence electrons. The number of carbonyl (C=O) groups excluding carboxylic acids is 4. The maximum absolute atomic E-state index is 14.7. The molecule has 2 saturated heterocycles. The zero-order valence-electron chi connectivity index (χ0n) is 19.8. The maximum Gasteiger partial charge on any atom is 0.328 e. The molecule has 0 bridgehead atoms. The third-order valence-corrected chi connectivity index (χ3v) is 7.05. The highest BCUT2D eigenvalue weighted by molar-refractivity contribution is 8.15. The first-order valence-electron chi connectivity index (χ1n) is 11.6. The van der Waals surface area contributed by atoms with Crippen LogP contribution in [0.4, 0.5) is 13.6 Å². The summed E-state index contributed by atoms with van der Waals surface area (Å²) in [6, 6.07) is 7.66. The second kappa shape index (κ2) is 11.7. The quantitative estimate of drug-likeness (QED) is 0.421. The van der Waals surface area contributed by atoms with Crippen molar-refractivity contribution in [3.8, 4) is 11.5 Å². The third kappa shape index (κ3) is 6.44. The number of amides is 3. The average molecular weight is 534 g/mol. The summed E-state index contributed by atoms with van der Waals surface area (Å²) < 4.78 is 39.6. The minimum atomic E-state index is -1.22. The highest BCUT2D eigenvalue weighted by Crippen LogP contribution is 2.31. The van der Waals surface area contributed by atoms with Gasteiger partial charge in [0, 0.05) is 6.42 Å². The minimum absolute atomic E-state index is 0.0498. The van der Waals surface area contributed by atoms with E-state index in [1.54, 1.807) is 12.1 Å². The Labute approximate surface area is 215 Å². The lowest BCUT2D eigenvalue weighted by Crippen LogP contribution is -2.49. The number of rotatable bonds is 9. The number of methoxy groups -OCH3 is 1. The van der Waals surface area contributed by atoms with Gasteiger partial charge in [-0.1, -0.05) is 30.0 Å².